The number of aryl methyl sites for hydroxylation is 1. The van der Waals surface area contributed by atoms with Gasteiger partial charge in [-0.2, -0.15) is 0 Å². The number of carbonyl (C=O) groups is 1. The Balaban J connectivity index is 1.83. The molecule has 0 saturated heterocycles. The summed E-state index contributed by atoms with van der Waals surface area (Å²) in [5.41, 5.74) is 4.34. The first-order chi connectivity index (χ1) is 10.7. The minimum atomic E-state index is 0.0198. The summed E-state index contributed by atoms with van der Waals surface area (Å²) < 4.78 is 0. The van der Waals surface area contributed by atoms with Crippen molar-refractivity contribution in [1.29, 1.82) is 0 Å². The molecule has 1 atom stereocenters. The first kappa shape index (κ1) is 14.5. The average molecular weight is 292 g/mol. The van der Waals surface area contributed by atoms with Gasteiger partial charge in [0.15, 0.2) is 0 Å². The number of nitrogens with zero attached hydrogens (tertiary/aromatic N) is 2. The molecule has 1 unspecified atom stereocenters. The largest absolute Gasteiger partial charge is 0.335 e. The Morgan fingerprint density at radius 1 is 1.23 bits per heavy atom. The highest BCUT2D eigenvalue weighted by Crippen LogP contribution is 2.24. The number of fused-ring (bicyclic) bond motifs is 1. The van der Waals surface area contributed by atoms with E-state index < -0.39 is 0 Å². The van der Waals surface area contributed by atoms with Crippen molar-refractivity contribution in [2.24, 2.45) is 0 Å². The molecule has 3 rings (SSSR count). The third-order valence-electron chi connectivity index (χ3n) is 4.36. The molecule has 0 fully saturated rings. The predicted molar refractivity (Wildman–Crippen MR) is 88.5 cm³/mol. The summed E-state index contributed by atoms with van der Waals surface area (Å²) in [6, 6.07) is 9.93. The molecule has 0 bridgehead atoms. The molecule has 3 heteroatoms. The third kappa shape index (κ3) is 2.80. The van der Waals surface area contributed by atoms with Crippen LogP contribution in [-0.2, 0) is 6.42 Å². The Labute approximate surface area is 131 Å². The number of aromatic nitrogens is 1. The minimum absolute atomic E-state index is 0.0198. The van der Waals surface area contributed by atoms with Crippen LogP contribution in [0.1, 0.15) is 46.4 Å². The lowest BCUT2D eigenvalue weighted by Gasteiger charge is -2.26. The molecule has 3 nitrogen and oxygen atoms in total. The average Bonchev–Trinajstić information content (AvgIpc) is 2.60. The van der Waals surface area contributed by atoms with Crippen LogP contribution in [0.4, 0.5) is 0 Å². The van der Waals surface area contributed by atoms with Crippen LogP contribution >= 0.6 is 0 Å². The number of allylic oxidation sites excluding steroid dienone is 1. The van der Waals surface area contributed by atoms with Gasteiger partial charge < -0.3 is 4.90 Å². The Kier molecular flexibility index (Phi) is 4.05. The summed E-state index contributed by atoms with van der Waals surface area (Å²) in [5, 5.41) is 0. The zero-order chi connectivity index (χ0) is 15.5. The first-order valence-corrected chi connectivity index (χ1v) is 7.63. The van der Waals surface area contributed by atoms with Crippen LogP contribution in [0.3, 0.4) is 0 Å². The van der Waals surface area contributed by atoms with Crippen LogP contribution in [0.15, 0.2) is 48.8 Å². The Hall–Kier alpha value is -2.42. The highest BCUT2D eigenvalue weighted by Gasteiger charge is 2.19. The number of carbonyl (C=O) groups excluding carboxylic acids is 1. The monoisotopic (exact) mass is 292 g/mol. The van der Waals surface area contributed by atoms with Gasteiger partial charge in [-0.25, -0.2) is 0 Å². The second kappa shape index (κ2) is 6.14. The van der Waals surface area contributed by atoms with E-state index in [1.807, 2.05) is 44.3 Å². The number of pyridine rings is 1. The van der Waals surface area contributed by atoms with E-state index in [2.05, 4.69) is 17.1 Å². The standard InChI is InChI=1S/C19H20N2O/c1-14(15-9-11-20-12-10-15)21(2)19(22)18-8-7-16-5-3-4-6-17(16)13-18/h3,5,7-14H,4,6H2,1-2H3. The second-order valence-corrected chi connectivity index (χ2v) is 5.73. The van der Waals surface area contributed by atoms with Gasteiger partial charge in [0.25, 0.3) is 5.91 Å². The molecule has 1 aliphatic rings. The molecule has 22 heavy (non-hydrogen) atoms. The first-order valence-electron chi connectivity index (χ1n) is 7.63. The van der Waals surface area contributed by atoms with E-state index in [9.17, 15) is 4.79 Å². The number of rotatable bonds is 3. The quantitative estimate of drug-likeness (QED) is 0.860. The van der Waals surface area contributed by atoms with Crippen LogP contribution in [0.25, 0.3) is 6.08 Å². The smallest absolute Gasteiger partial charge is 0.254 e. The van der Waals surface area contributed by atoms with Crippen molar-refractivity contribution >= 4 is 12.0 Å². The summed E-state index contributed by atoms with van der Waals surface area (Å²) in [5.74, 6) is 0.0571. The van der Waals surface area contributed by atoms with Gasteiger partial charge in [-0.15, -0.1) is 0 Å². The van der Waals surface area contributed by atoms with E-state index in [1.165, 1.54) is 11.1 Å². The van der Waals surface area contributed by atoms with Crippen molar-refractivity contribution in [3.63, 3.8) is 0 Å². The van der Waals surface area contributed by atoms with E-state index in [1.54, 1.807) is 17.3 Å². The maximum Gasteiger partial charge on any atom is 0.254 e. The highest BCUT2D eigenvalue weighted by molar-refractivity contribution is 5.95. The Bertz CT molecular complexity index is 707. The fourth-order valence-electron chi connectivity index (χ4n) is 2.81. The zero-order valence-corrected chi connectivity index (χ0v) is 13.0. The van der Waals surface area contributed by atoms with Gasteiger partial charge in [0, 0.05) is 25.0 Å². The SMILES string of the molecule is CC(c1ccncc1)N(C)C(=O)c1ccc2c(c1)CCC=C2. The number of benzene rings is 1. The summed E-state index contributed by atoms with van der Waals surface area (Å²) in [4.78, 5) is 18.6. The predicted octanol–water partition coefficient (Wildman–Crippen LogP) is 3.87. The van der Waals surface area contributed by atoms with Gasteiger partial charge in [0.1, 0.15) is 0 Å². The Morgan fingerprint density at radius 2 is 2.00 bits per heavy atom. The van der Waals surface area contributed by atoms with Crippen molar-refractivity contribution < 1.29 is 4.79 Å². The van der Waals surface area contributed by atoms with Gasteiger partial charge in [-0.1, -0.05) is 18.2 Å². The molecule has 1 amide bonds. The third-order valence-corrected chi connectivity index (χ3v) is 4.36. The van der Waals surface area contributed by atoms with Crippen molar-refractivity contribution in [3.8, 4) is 0 Å². The van der Waals surface area contributed by atoms with Gasteiger partial charge in [-0.05, 0) is 60.7 Å². The summed E-state index contributed by atoms with van der Waals surface area (Å²) in [6.07, 6.45) is 9.90. The number of amides is 1. The van der Waals surface area contributed by atoms with Crippen LogP contribution in [0.5, 0.6) is 0 Å². The van der Waals surface area contributed by atoms with Crippen LogP contribution in [0, 0.1) is 0 Å². The maximum atomic E-state index is 12.7. The molecule has 112 valence electrons. The lowest BCUT2D eigenvalue weighted by Crippen LogP contribution is -2.29. The van der Waals surface area contributed by atoms with Crippen LogP contribution in [0.2, 0.25) is 0 Å². The fourth-order valence-corrected chi connectivity index (χ4v) is 2.81. The van der Waals surface area contributed by atoms with Gasteiger partial charge in [0.05, 0.1) is 6.04 Å². The van der Waals surface area contributed by atoms with Crippen LogP contribution in [-0.4, -0.2) is 22.8 Å². The molecule has 1 aliphatic carbocycles. The van der Waals surface area contributed by atoms with E-state index in [4.69, 9.17) is 0 Å². The molecule has 1 aromatic carbocycles. The lowest BCUT2D eigenvalue weighted by molar-refractivity contribution is 0.0742. The summed E-state index contributed by atoms with van der Waals surface area (Å²) >= 11 is 0. The van der Waals surface area contributed by atoms with E-state index >= 15 is 0 Å². The van der Waals surface area contributed by atoms with E-state index in [-0.39, 0.29) is 11.9 Å². The molecule has 0 radical (unpaired) electrons. The summed E-state index contributed by atoms with van der Waals surface area (Å²) in [7, 11) is 1.85. The zero-order valence-electron chi connectivity index (χ0n) is 13.0. The van der Waals surface area contributed by atoms with Gasteiger partial charge in [0.2, 0.25) is 0 Å². The molecule has 0 N–H and O–H groups in total. The second-order valence-electron chi connectivity index (χ2n) is 5.73. The lowest BCUT2D eigenvalue weighted by atomic mass is 9.95. The van der Waals surface area contributed by atoms with Gasteiger partial charge in [-0.3, -0.25) is 9.78 Å². The molecular formula is C19H20N2O. The number of hydrogen-bond acceptors (Lipinski definition) is 2. The van der Waals surface area contributed by atoms with E-state index in [0.29, 0.717) is 0 Å². The number of hydrogen-bond donors (Lipinski definition) is 0. The normalized spacial score (nSPS) is 14.3. The molecule has 0 saturated carbocycles. The molecule has 1 aromatic heterocycles. The highest BCUT2D eigenvalue weighted by atomic mass is 16.2. The molecule has 0 spiro atoms. The topological polar surface area (TPSA) is 33.2 Å². The van der Waals surface area contributed by atoms with Crippen molar-refractivity contribution in [2.45, 2.75) is 25.8 Å². The van der Waals surface area contributed by atoms with Crippen LogP contribution < -0.4 is 0 Å². The fraction of sp³-hybridized carbons (Fsp3) is 0.263. The molecular weight excluding hydrogens is 272 g/mol. The minimum Gasteiger partial charge on any atom is -0.335 e. The Morgan fingerprint density at radius 3 is 2.77 bits per heavy atom. The van der Waals surface area contributed by atoms with Gasteiger partial charge >= 0.3 is 0 Å². The maximum absolute atomic E-state index is 12.7. The molecule has 2 aromatic rings. The van der Waals surface area contributed by atoms with Crippen molar-refractivity contribution in [1.82, 2.24) is 9.88 Å². The van der Waals surface area contributed by atoms with E-state index in [0.717, 1.165) is 24.0 Å². The van der Waals surface area contributed by atoms with Crippen molar-refractivity contribution in [3.05, 3.63) is 71.1 Å². The summed E-state index contributed by atoms with van der Waals surface area (Å²) in [6.45, 7) is 2.04. The molecule has 0 aliphatic heterocycles. The molecule has 1 heterocycles. The van der Waals surface area contributed by atoms with Crippen molar-refractivity contribution in [2.75, 3.05) is 7.05 Å².